The molecule has 0 saturated heterocycles. The summed E-state index contributed by atoms with van der Waals surface area (Å²) >= 11 is 3.47. The largest absolute Gasteiger partial charge is 1.00 e. The Morgan fingerprint density at radius 1 is 1.67 bits per heavy atom. The monoisotopic (exact) mass is 154 g/mol. The van der Waals surface area contributed by atoms with Gasteiger partial charge in [0.25, 0.3) is 9.05 Å². The summed E-state index contributed by atoms with van der Waals surface area (Å²) in [6.07, 6.45) is 0. The van der Waals surface area contributed by atoms with Gasteiger partial charge in [-0.15, -0.1) is 0 Å². The first-order valence-corrected chi connectivity index (χ1v) is 3.10. The van der Waals surface area contributed by atoms with Crippen molar-refractivity contribution in [3.8, 4) is 0 Å². The van der Waals surface area contributed by atoms with E-state index < -0.39 is 9.05 Å². The van der Waals surface area contributed by atoms with Crippen LogP contribution in [0.4, 0.5) is 0 Å². The fraction of sp³-hybridized carbons (Fsp3) is 0. The van der Waals surface area contributed by atoms with Crippen molar-refractivity contribution in [1.82, 2.24) is 0 Å². The van der Waals surface area contributed by atoms with Crippen LogP contribution in [0.25, 0.3) is 0 Å². The molecule has 0 rings (SSSR count). The molecule has 0 heterocycles. The summed E-state index contributed by atoms with van der Waals surface area (Å²) in [5, 5.41) is 0. The van der Waals surface area contributed by atoms with E-state index >= 15 is 0 Å². The van der Waals surface area contributed by atoms with E-state index in [-0.39, 0.29) is 52.8 Å². The SMILES string of the molecule is O=S(O)(O)=S.[H-].[K+]. The molecule has 6 heavy (non-hydrogen) atoms. The van der Waals surface area contributed by atoms with Gasteiger partial charge in [0.05, 0.1) is 0 Å². The molecule has 0 bridgehead atoms. The molecule has 3 nitrogen and oxygen atoms in total. The van der Waals surface area contributed by atoms with Crippen LogP contribution in [0, 0.1) is 0 Å². The van der Waals surface area contributed by atoms with Crippen molar-refractivity contribution in [1.29, 1.82) is 0 Å². The molecule has 0 aliphatic heterocycles. The van der Waals surface area contributed by atoms with E-state index in [0.29, 0.717) is 0 Å². The van der Waals surface area contributed by atoms with Crippen LogP contribution in [0.3, 0.4) is 0 Å². The van der Waals surface area contributed by atoms with Crippen LogP contribution in [-0.2, 0) is 20.2 Å². The van der Waals surface area contributed by atoms with Crippen molar-refractivity contribution in [2.45, 2.75) is 0 Å². The van der Waals surface area contributed by atoms with Gasteiger partial charge in [-0.1, -0.05) is 0 Å². The zero-order chi connectivity index (χ0) is 4.50. The summed E-state index contributed by atoms with van der Waals surface area (Å²) in [5.74, 6) is 0. The van der Waals surface area contributed by atoms with Crippen molar-refractivity contribution < 1.29 is 66.1 Å². The maximum atomic E-state index is 9.11. The fourth-order valence-electron chi connectivity index (χ4n) is 0. The molecule has 0 aliphatic rings. The minimum atomic E-state index is -3.83. The van der Waals surface area contributed by atoms with Crippen LogP contribution in [0.2, 0.25) is 0 Å². The molecule has 0 aromatic rings. The van der Waals surface area contributed by atoms with Crippen molar-refractivity contribution in [2.24, 2.45) is 0 Å². The van der Waals surface area contributed by atoms with Crippen LogP contribution in [-0.4, -0.2) is 13.3 Å². The predicted molar refractivity (Wildman–Crippen MR) is 21.9 cm³/mol. The van der Waals surface area contributed by atoms with E-state index in [2.05, 4.69) is 11.2 Å². The Labute approximate surface area is 84.7 Å². The number of rotatable bonds is 0. The first kappa shape index (κ1) is 10.8. The molecule has 6 heteroatoms. The van der Waals surface area contributed by atoms with Crippen LogP contribution < -0.4 is 51.4 Å². The minimum Gasteiger partial charge on any atom is -1.00 e. The van der Waals surface area contributed by atoms with Gasteiger partial charge in [0.15, 0.2) is 0 Å². The molecule has 0 unspecified atom stereocenters. The molecule has 34 valence electrons. The van der Waals surface area contributed by atoms with Gasteiger partial charge in [-0.05, 0) is 0 Å². The Kier molecular flexibility index (Phi) is 6.99. The first-order chi connectivity index (χ1) is 2.00. The van der Waals surface area contributed by atoms with Crippen LogP contribution >= 0.6 is 0 Å². The Hall–Kier alpha value is 1.93. The van der Waals surface area contributed by atoms with Crippen molar-refractivity contribution in [3.05, 3.63) is 0 Å². The van der Waals surface area contributed by atoms with Gasteiger partial charge in [-0.3, -0.25) is 9.11 Å². The molecule has 0 atom stereocenters. The van der Waals surface area contributed by atoms with Gasteiger partial charge in [-0.2, -0.15) is 4.21 Å². The van der Waals surface area contributed by atoms with E-state index in [9.17, 15) is 0 Å². The number of hydrogen-bond donors (Lipinski definition) is 2. The van der Waals surface area contributed by atoms with Crippen LogP contribution in [0.1, 0.15) is 1.43 Å². The normalized spacial score (nSPS) is 9.67. The molecule has 0 amide bonds. The Balaban J connectivity index is -0.0000000800. The Bertz CT molecular complexity index is 96.1. The van der Waals surface area contributed by atoms with Gasteiger partial charge in [0, 0.05) is 11.2 Å². The third kappa shape index (κ3) is 38.8. The summed E-state index contributed by atoms with van der Waals surface area (Å²) in [6.45, 7) is 0. The minimum absolute atomic E-state index is 0. The van der Waals surface area contributed by atoms with Crippen LogP contribution in [0.5, 0.6) is 0 Å². The Morgan fingerprint density at radius 3 is 1.67 bits per heavy atom. The summed E-state index contributed by atoms with van der Waals surface area (Å²) in [6, 6.07) is 0. The third-order valence-electron chi connectivity index (χ3n) is 0. The molecule has 0 aliphatic carbocycles. The molecule has 0 saturated carbocycles. The van der Waals surface area contributed by atoms with Crippen molar-refractivity contribution in [2.75, 3.05) is 0 Å². The first-order valence-electron chi connectivity index (χ1n) is 0.698. The van der Waals surface area contributed by atoms with E-state index in [1.54, 1.807) is 0 Å². The van der Waals surface area contributed by atoms with E-state index in [0.717, 1.165) is 0 Å². The average Bonchev–Trinajstić information content (AvgIpc) is 0.722. The van der Waals surface area contributed by atoms with E-state index in [1.165, 1.54) is 0 Å². The van der Waals surface area contributed by atoms with E-state index in [4.69, 9.17) is 13.3 Å². The topological polar surface area (TPSA) is 57.5 Å². The number of hydrogen-bond acceptors (Lipinski definition) is 2. The summed E-state index contributed by atoms with van der Waals surface area (Å²) < 4.78 is 24.0. The molecule has 2 N–H and O–H groups in total. The Morgan fingerprint density at radius 2 is 1.67 bits per heavy atom. The zero-order valence-electron chi connectivity index (χ0n) is 4.12. The summed E-state index contributed by atoms with van der Waals surface area (Å²) in [5.41, 5.74) is 0. The molecule has 0 spiro atoms. The molecule has 0 aromatic carbocycles. The zero-order valence-corrected chi connectivity index (χ0v) is 7.88. The quantitative estimate of drug-likeness (QED) is 0.361. The second-order valence-electron chi connectivity index (χ2n) is 0.448. The summed E-state index contributed by atoms with van der Waals surface area (Å²) in [4.78, 5) is 0. The van der Waals surface area contributed by atoms with Gasteiger partial charge in [0.2, 0.25) is 0 Å². The maximum Gasteiger partial charge on any atom is 1.00 e. The van der Waals surface area contributed by atoms with E-state index in [1.807, 2.05) is 0 Å². The smallest absolute Gasteiger partial charge is 1.00 e. The standard InChI is InChI=1S/K.H2O3S2.H/c;1-5(2,3)4;/h;(H2,1,2,3,4);/q+1;;-1. The van der Waals surface area contributed by atoms with Gasteiger partial charge >= 0.3 is 51.4 Å². The average molecular weight is 154 g/mol. The molecule has 0 radical (unpaired) electrons. The van der Waals surface area contributed by atoms with Crippen LogP contribution in [0.15, 0.2) is 0 Å². The second-order valence-corrected chi connectivity index (χ2v) is 2.65. The molecule has 0 aromatic heterocycles. The molecular formula is H3KO3S2. The van der Waals surface area contributed by atoms with Gasteiger partial charge < -0.3 is 1.43 Å². The predicted octanol–water partition coefficient (Wildman–Crippen LogP) is -3.20. The summed E-state index contributed by atoms with van der Waals surface area (Å²) in [7, 11) is -3.83. The van der Waals surface area contributed by atoms with Gasteiger partial charge in [0.1, 0.15) is 0 Å². The van der Waals surface area contributed by atoms with Gasteiger partial charge in [-0.25, -0.2) is 0 Å². The maximum absolute atomic E-state index is 9.11. The second kappa shape index (κ2) is 3.87. The van der Waals surface area contributed by atoms with Crippen molar-refractivity contribution in [3.63, 3.8) is 0 Å². The third-order valence-corrected chi connectivity index (χ3v) is 0. The molecule has 0 fully saturated rings. The molecular weight excluding hydrogens is 151 g/mol. The van der Waals surface area contributed by atoms with Crippen molar-refractivity contribution >= 4 is 20.2 Å². The fourth-order valence-corrected chi connectivity index (χ4v) is 0.